The zero-order chi connectivity index (χ0) is 13.0. The lowest BCUT2D eigenvalue weighted by Gasteiger charge is -2.24. The van der Waals surface area contributed by atoms with Crippen LogP contribution in [-0.2, 0) is 11.3 Å². The molecule has 4 heteroatoms. The lowest BCUT2D eigenvalue weighted by Crippen LogP contribution is -2.43. The molecule has 1 N–H and O–H groups in total. The molecule has 2 heterocycles. The predicted octanol–water partition coefficient (Wildman–Crippen LogP) is 1.49. The Balaban J connectivity index is 2.02. The van der Waals surface area contributed by atoms with Crippen molar-refractivity contribution >= 4 is 5.91 Å². The maximum Gasteiger partial charge on any atom is 0.240 e. The van der Waals surface area contributed by atoms with Crippen molar-refractivity contribution in [2.75, 3.05) is 13.1 Å². The third kappa shape index (κ3) is 3.07. The largest absolute Gasteiger partial charge is 0.336 e. The third-order valence-corrected chi connectivity index (χ3v) is 3.35. The molecule has 18 heavy (non-hydrogen) atoms. The Kier molecular flexibility index (Phi) is 4.31. The molecule has 1 aromatic heterocycles. The topological polar surface area (TPSA) is 45.2 Å². The molecule has 1 aliphatic rings. The molecule has 4 nitrogen and oxygen atoms in total. The van der Waals surface area contributed by atoms with Crippen molar-refractivity contribution in [1.29, 1.82) is 0 Å². The highest BCUT2D eigenvalue weighted by atomic mass is 16.2. The molecule has 0 saturated carbocycles. The quantitative estimate of drug-likeness (QED) is 0.877. The smallest absolute Gasteiger partial charge is 0.240 e. The van der Waals surface area contributed by atoms with Crippen LogP contribution >= 0.6 is 0 Å². The van der Waals surface area contributed by atoms with Crippen LogP contribution in [0.4, 0.5) is 0 Å². The molecule has 1 atom stereocenters. The number of likely N-dealkylation sites (N-methyl/N-ethyl adjacent to an activating group) is 1. The van der Waals surface area contributed by atoms with Crippen molar-refractivity contribution in [1.82, 2.24) is 15.2 Å². The number of aryl methyl sites for hydroxylation is 1. The molecule has 1 aromatic rings. The van der Waals surface area contributed by atoms with Gasteiger partial charge in [0, 0.05) is 12.2 Å². The molecule has 1 unspecified atom stereocenters. The summed E-state index contributed by atoms with van der Waals surface area (Å²) in [5.74, 6) is 0.207. The van der Waals surface area contributed by atoms with E-state index in [0.717, 1.165) is 37.3 Å². The highest BCUT2D eigenvalue weighted by molar-refractivity contribution is 5.82. The van der Waals surface area contributed by atoms with Crippen LogP contribution < -0.4 is 5.32 Å². The molecule has 1 saturated heterocycles. The van der Waals surface area contributed by atoms with Gasteiger partial charge >= 0.3 is 0 Å². The minimum atomic E-state index is 0.00904. The molecule has 1 fully saturated rings. The van der Waals surface area contributed by atoms with E-state index in [1.54, 1.807) is 0 Å². The Morgan fingerprint density at radius 3 is 3.00 bits per heavy atom. The van der Waals surface area contributed by atoms with Crippen LogP contribution in [0.25, 0.3) is 0 Å². The van der Waals surface area contributed by atoms with E-state index in [4.69, 9.17) is 0 Å². The molecule has 0 bridgehead atoms. The van der Waals surface area contributed by atoms with Crippen LogP contribution in [-0.4, -0.2) is 34.9 Å². The Morgan fingerprint density at radius 1 is 1.56 bits per heavy atom. The van der Waals surface area contributed by atoms with Crippen LogP contribution in [0.15, 0.2) is 18.2 Å². The van der Waals surface area contributed by atoms with E-state index in [1.807, 2.05) is 36.9 Å². The minimum Gasteiger partial charge on any atom is -0.336 e. The first-order valence-electron chi connectivity index (χ1n) is 6.65. The van der Waals surface area contributed by atoms with Gasteiger partial charge in [-0.25, -0.2) is 0 Å². The van der Waals surface area contributed by atoms with E-state index in [1.165, 1.54) is 0 Å². The number of aromatic nitrogens is 1. The molecular formula is C14H21N3O. The number of nitrogens with zero attached hydrogens (tertiary/aromatic N) is 2. The molecule has 0 spiro atoms. The maximum atomic E-state index is 12.3. The highest BCUT2D eigenvalue weighted by Crippen LogP contribution is 2.11. The second-order valence-corrected chi connectivity index (χ2v) is 4.77. The number of hydrogen-bond acceptors (Lipinski definition) is 3. The normalized spacial score (nSPS) is 18.9. The van der Waals surface area contributed by atoms with Gasteiger partial charge in [0.1, 0.15) is 0 Å². The first-order valence-corrected chi connectivity index (χ1v) is 6.65. The van der Waals surface area contributed by atoms with E-state index < -0.39 is 0 Å². The Bertz CT molecular complexity index is 413. The van der Waals surface area contributed by atoms with Gasteiger partial charge in [0.2, 0.25) is 5.91 Å². The van der Waals surface area contributed by atoms with Gasteiger partial charge in [-0.05, 0) is 45.4 Å². The summed E-state index contributed by atoms with van der Waals surface area (Å²) < 4.78 is 0. The number of carbonyl (C=O) groups is 1. The van der Waals surface area contributed by atoms with Gasteiger partial charge in [-0.2, -0.15) is 0 Å². The fraction of sp³-hybridized carbons (Fsp3) is 0.571. The second kappa shape index (κ2) is 5.96. The molecular weight excluding hydrogens is 226 g/mol. The molecule has 2 rings (SSSR count). The number of pyridine rings is 1. The van der Waals surface area contributed by atoms with E-state index in [9.17, 15) is 4.79 Å². The van der Waals surface area contributed by atoms with Crippen molar-refractivity contribution in [3.05, 3.63) is 29.6 Å². The zero-order valence-electron chi connectivity index (χ0n) is 11.1. The standard InChI is InChI=1S/C14H21N3O/c1-3-17(14(18)13-8-5-9-15-13)10-12-7-4-6-11(2)16-12/h4,6-7,13,15H,3,5,8-10H2,1-2H3. The summed E-state index contributed by atoms with van der Waals surface area (Å²) in [6.45, 7) is 6.28. The Morgan fingerprint density at radius 2 is 2.39 bits per heavy atom. The van der Waals surface area contributed by atoms with E-state index in [0.29, 0.717) is 6.54 Å². The van der Waals surface area contributed by atoms with E-state index in [-0.39, 0.29) is 11.9 Å². The highest BCUT2D eigenvalue weighted by Gasteiger charge is 2.26. The van der Waals surface area contributed by atoms with Gasteiger partial charge in [-0.3, -0.25) is 9.78 Å². The summed E-state index contributed by atoms with van der Waals surface area (Å²) in [4.78, 5) is 18.6. The molecule has 0 aromatic carbocycles. The average molecular weight is 247 g/mol. The number of carbonyl (C=O) groups excluding carboxylic acids is 1. The predicted molar refractivity (Wildman–Crippen MR) is 71.1 cm³/mol. The summed E-state index contributed by atoms with van der Waals surface area (Å²) in [6.07, 6.45) is 2.05. The Labute approximate surface area is 108 Å². The van der Waals surface area contributed by atoms with Crippen molar-refractivity contribution < 1.29 is 4.79 Å². The molecule has 1 amide bonds. The van der Waals surface area contributed by atoms with Crippen molar-refractivity contribution in [2.45, 2.75) is 39.3 Å². The minimum absolute atomic E-state index is 0.00904. The van der Waals surface area contributed by atoms with Gasteiger partial charge < -0.3 is 10.2 Å². The molecule has 0 radical (unpaired) electrons. The lowest BCUT2D eigenvalue weighted by molar-refractivity contribution is -0.133. The molecule has 0 aliphatic carbocycles. The first kappa shape index (κ1) is 13.0. The van der Waals surface area contributed by atoms with Crippen molar-refractivity contribution in [3.8, 4) is 0 Å². The monoisotopic (exact) mass is 247 g/mol. The third-order valence-electron chi connectivity index (χ3n) is 3.35. The lowest BCUT2D eigenvalue weighted by atomic mass is 10.2. The van der Waals surface area contributed by atoms with Gasteiger partial charge in [-0.1, -0.05) is 6.07 Å². The summed E-state index contributed by atoms with van der Waals surface area (Å²) in [6, 6.07) is 5.95. The fourth-order valence-corrected chi connectivity index (χ4v) is 2.34. The van der Waals surface area contributed by atoms with E-state index >= 15 is 0 Å². The van der Waals surface area contributed by atoms with Gasteiger partial charge in [-0.15, -0.1) is 0 Å². The SMILES string of the molecule is CCN(Cc1cccc(C)n1)C(=O)C1CCCN1. The number of hydrogen-bond donors (Lipinski definition) is 1. The Hall–Kier alpha value is -1.42. The summed E-state index contributed by atoms with van der Waals surface area (Å²) in [5, 5.41) is 3.26. The van der Waals surface area contributed by atoms with Crippen LogP contribution in [0.5, 0.6) is 0 Å². The summed E-state index contributed by atoms with van der Waals surface area (Å²) in [7, 11) is 0. The molecule has 1 aliphatic heterocycles. The van der Waals surface area contributed by atoms with Crippen LogP contribution in [0.2, 0.25) is 0 Å². The fourth-order valence-electron chi connectivity index (χ4n) is 2.34. The second-order valence-electron chi connectivity index (χ2n) is 4.77. The van der Waals surface area contributed by atoms with Crippen LogP contribution in [0, 0.1) is 6.92 Å². The summed E-state index contributed by atoms with van der Waals surface area (Å²) in [5.41, 5.74) is 1.96. The average Bonchev–Trinajstić information content (AvgIpc) is 2.89. The number of nitrogens with one attached hydrogen (secondary N) is 1. The molecule has 98 valence electrons. The van der Waals surface area contributed by atoms with Crippen LogP contribution in [0.3, 0.4) is 0 Å². The number of rotatable bonds is 4. The van der Waals surface area contributed by atoms with Crippen molar-refractivity contribution in [3.63, 3.8) is 0 Å². The van der Waals surface area contributed by atoms with Crippen molar-refractivity contribution in [2.24, 2.45) is 0 Å². The summed E-state index contributed by atoms with van der Waals surface area (Å²) >= 11 is 0. The van der Waals surface area contributed by atoms with Crippen LogP contribution in [0.1, 0.15) is 31.2 Å². The number of amides is 1. The van der Waals surface area contributed by atoms with Gasteiger partial charge in [0.25, 0.3) is 0 Å². The van der Waals surface area contributed by atoms with Gasteiger partial charge in [0.15, 0.2) is 0 Å². The maximum absolute atomic E-state index is 12.3. The van der Waals surface area contributed by atoms with E-state index in [2.05, 4.69) is 10.3 Å². The zero-order valence-corrected chi connectivity index (χ0v) is 11.1. The first-order chi connectivity index (χ1) is 8.70. The van der Waals surface area contributed by atoms with Gasteiger partial charge in [0.05, 0.1) is 18.3 Å².